The molecule has 1 N–H and O–H groups in total. The molecular weight excluding hydrogens is 216 g/mol. The van der Waals surface area contributed by atoms with Gasteiger partial charge in [0.2, 0.25) is 0 Å². The maximum absolute atomic E-state index is 4.14. The molecule has 0 saturated carbocycles. The molecule has 0 unspecified atom stereocenters. The maximum atomic E-state index is 4.14. The van der Waals surface area contributed by atoms with Crippen molar-refractivity contribution in [3.63, 3.8) is 0 Å². The lowest BCUT2D eigenvalue weighted by atomic mass is 10.1. The lowest BCUT2D eigenvalue weighted by molar-refractivity contribution is 0.644. The van der Waals surface area contributed by atoms with Gasteiger partial charge in [-0.2, -0.15) is 0 Å². The zero-order valence-electron chi connectivity index (χ0n) is 6.76. The zero-order chi connectivity index (χ0) is 8.39. The van der Waals surface area contributed by atoms with E-state index in [1.165, 1.54) is 18.4 Å². The molecule has 1 saturated heterocycles. The molecule has 0 bridgehead atoms. The van der Waals surface area contributed by atoms with E-state index in [4.69, 9.17) is 0 Å². The van der Waals surface area contributed by atoms with Gasteiger partial charge in [-0.3, -0.25) is 4.98 Å². The lowest BCUT2D eigenvalue weighted by Gasteiger charge is -2.09. The average molecular weight is 227 g/mol. The molecule has 1 aromatic rings. The summed E-state index contributed by atoms with van der Waals surface area (Å²) in [6.45, 7) is 1.14. The molecule has 12 heavy (non-hydrogen) atoms. The number of nitrogens with one attached hydrogen (secondary N) is 1. The molecule has 3 heteroatoms. The second kappa shape index (κ2) is 3.54. The molecule has 0 aromatic carbocycles. The summed E-state index contributed by atoms with van der Waals surface area (Å²) in [4.78, 5) is 4.14. The van der Waals surface area contributed by atoms with Crippen LogP contribution < -0.4 is 5.32 Å². The lowest BCUT2D eigenvalue weighted by Crippen LogP contribution is -2.12. The van der Waals surface area contributed by atoms with Crippen LogP contribution >= 0.6 is 15.9 Å². The topological polar surface area (TPSA) is 24.9 Å². The Hall–Kier alpha value is -0.410. The van der Waals surface area contributed by atoms with Crippen molar-refractivity contribution in [2.75, 3.05) is 6.54 Å². The van der Waals surface area contributed by atoms with Crippen molar-refractivity contribution in [2.24, 2.45) is 0 Å². The number of pyridine rings is 1. The first-order chi connectivity index (χ1) is 5.86. The van der Waals surface area contributed by atoms with E-state index in [-0.39, 0.29) is 0 Å². The van der Waals surface area contributed by atoms with Gasteiger partial charge in [0.05, 0.1) is 0 Å². The quantitative estimate of drug-likeness (QED) is 0.795. The van der Waals surface area contributed by atoms with E-state index in [0.717, 1.165) is 11.0 Å². The van der Waals surface area contributed by atoms with Gasteiger partial charge < -0.3 is 5.32 Å². The van der Waals surface area contributed by atoms with Crippen LogP contribution in [0.4, 0.5) is 0 Å². The van der Waals surface area contributed by atoms with Crippen molar-refractivity contribution < 1.29 is 0 Å². The standard InChI is InChI=1S/C9H11BrN2/c10-8-4-7(5-11-6-8)9-2-1-3-12-9/h4-6,9,12H,1-3H2/t9-/m0/s1. The molecule has 1 aliphatic rings. The largest absolute Gasteiger partial charge is 0.310 e. The summed E-state index contributed by atoms with van der Waals surface area (Å²) < 4.78 is 1.06. The first kappa shape index (κ1) is 8.20. The molecule has 0 aliphatic carbocycles. The molecule has 64 valence electrons. The van der Waals surface area contributed by atoms with Crippen LogP contribution in [0.2, 0.25) is 0 Å². The van der Waals surface area contributed by atoms with Crippen LogP contribution in [0.1, 0.15) is 24.4 Å². The van der Waals surface area contributed by atoms with Gasteiger partial charge >= 0.3 is 0 Å². The normalized spacial score (nSPS) is 22.9. The molecular formula is C9H11BrN2. The fourth-order valence-electron chi connectivity index (χ4n) is 1.59. The second-order valence-corrected chi connectivity index (χ2v) is 4.00. The Labute approximate surface area is 80.5 Å². The number of halogens is 1. The molecule has 1 fully saturated rings. The van der Waals surface area contributed by atoms with Crippen molar-refractivity contribution in [1.29, 1.82) is 0 Å². The summed E-state index contributed by atoms with van der Waals surface area (Å²) in [7, 11) is 0. The third-order valence-corrected chi connectivity index (χ3v) is 2.62. The van der Waals surface area contributed by atoms with Gasteiger partial charge in [-0.1, -0.05) is 0 Å². The van der Waals surface area contributed by atoms with Gasteiger partial charge in [-0.25, -0.2) is 0 Å². The molecule has 1 aromatic heterocycles. The number of nitrogens with zero attached hydrogens (tertiary/aromatic N) is 1. The van der Waals surface area contributed by atoms with Crippen LogP contribution in [0.3, 0.4) is 0 Å². The Kier molecular flexibility index (Phi) is 2.42. The van der Waals surface area contributed by atoms with Crippen molar-refractivity contribution >= 4 is 15.9 Å². The van der Waals surface area contributed by atoms with Crippen LogP contribution in [-0.2, 0) is 0 Å². The number of hydrogen-bond acceptors (Lipinski definition) is 2. The van der Waals surface area contributed by atoms with Crippen LogP contribution in [0, 0.1) is 0 Å². The molecule has 1 aliphatic heterocycles. The average Bonchev–Trinajstić information content (AvgIpc) is 2.56. The molecule has 2 rings (SSSR count). The number of rotatable bonds is 1. The van der Waals surface area contributed by atoms with E-state index < -0.39 is 0 Å². The SMILES string of the molecule is Brc1cncc([C@@H]2CCCN2)c1. The van der Waals surface area contributed by atoms with E-state index in [2.05, 4.69) is 32.3 Å². The van der Waals surface area contributed by atoms with Crippen molar-refractivity contribution in [1.82, 2.24) is 10.3 Å². The van der Waals surface area contributed by atoms with Crippen LogP contribution in [-0.4, -0.2) is 11.5 Å². The van der Waals surface area contributed by atoms with Gasteiger partial charge in [0.25, 0.3) is 0 Å². The van der Waals surface area contributed by atoms with Crippen LogP contribution in [0.15, 0.2) is 22.9 Å². The first-order valence-electron chi connectivity index (χ1n) is 4.20. The third kappa shape index (κ3) is 1.67. The van der Waals surface area contributed by atoms with Gasteiger partial charge in [-0.05, 0) is 46.9 Å². The minimum absolute atomic E-state index is 0.523. The molecule has 2 heterocycles. The third-order valence-electron chi connectivity index (χ3n) is 2.19. The highest BCUT2D eigenvalue weighted by molar-refractivity contribution is 9.10. The monoisotopic (exact) mass is 226 g/mol. The Morgan fingerprint density at radius 1 is 1.50 bits per heavy atom. The molecule has 0 amide bonds. The summed E-state index contributed by atoms with van der Waals surface area (Å²) in [6.07, 6.45) is 6.27. The van der Waals surface area contributed by atoms with Gasteiger partial charge in [0.1, 0.15) is 0 Å². The predicted molar refractivity (Wildman–Crippen MR) is 51.9 cm³/mol. The molecule has 2 nitrogen and oxygen atoms in total. The maximum Gasteiger partial charge on any atom is 0.0410 e. The Morgan fingerprint density at radius 3 is 3.08 bits per heavy atom. The molecule has 0 radical (unpaired) electrons. The van der Waals surface area contributed by atoms with Crippen LogP contribution in [0.5, 0.6) is 0 Å². The summed E-state index contributed by atoms with van der Waals surface area (Å²) >= 11 is 3.42. The summed E-state index contributed by atoms with van der Waals surface area (Å²) in [6, 6.07) is 2.66. The van der Waals surface area contributed by atoms with Crippen molar-refractivity contribution in [3.05, 3.63) is 28.5 Å². The van der Waals surface area contributed by atoms with Gasteiger partial charge in [-0.15, -0.1) is 0 Å². The molecule has 0 spiro atoms. The van der Waals surface area contributed by atoms with Gasteiger partial charge in [0.15, 0.2) is 0 Å². The van der Waals surface area contributed by atoms with E-state index in [9.17, 15) is 0 Å². The Bertz CT molecular complexity index is 269. The first-order valence-corrected chi connectivity index (χ1v) is 4.99. The van der Waals surface area contributed by atoms with Gasteiger partial charge in [0, 0.05) is 22.9 Å². The van der Waals surface area contributed by atoms with E-state index >= 15 is 0 Å². The zero-order valence-corrected chi connectivity index (χ0v) is 8.34. The summed E-state index contributed by atoms with van der Waals surface area (Å²) in [5.41, 5.74) is 1.29. The Morgan fingerprint density at radius 2 is 2.42 bits per heavy atom. The minimum Gasteiger partial charge on any atom is -0.310 e. The fourth-order valence-corrected chi connectivity index (χ4v) is 1.97. The van der Waals surface area contributed by atoms with E-state index in [0.29, 0.717) is 6.04 Å². The number of aromatic nitrogens is 1. The highest BCUT2D eigenvalue weighted by Crippen LogP contribution is 2.23. The number of hydrogen-bond donors (Lipinski definition) is 1. The van der Waals surface area contributed by atoms with Crippen molar-refractivity contribution in [3.8, 4) is 0 Å². The predicted octanol–water partition coefficient (Wildman–Crippen LogP) is 2.27. The molecule has 1 atom stereocenters. The summed E-state index contributed by atoms with van der Waals surface area (Å²) in [5.74, 6) is 0. The van der Waals surface area contributed by atoms with E-state index in [1.807, 2.05) is 12.4 Å². The Balaban J connectivity index is 2.21. The fraction of sp³-hybridized carbons (Fsp3) is 0.444. The summed E-state index contributed by atoms with van der Waals surface area (Å²) in [5, 5.41) is 3.44. The van der Waals surface area contributed by atoms with Crippen LogP contribution in [0.25, 0.3) is 0 Å². The second-order valence-electron chi connectivity index (χ2n) is 3.09. The highest BCUT2D eigenvalue weighted by Gasteiger charge is 2.15. The van der Waals surface area contributed by atoms with E-state index in [1.54, 1.807) is 0 Å². The minimum atomic E-state index is 0.523. The smallest absolute Gasteiger partial charge is 0.0410 e. The highest BCUT2D eigenvalue weighted by atomic mass is 79.9. The van der Waals surface area contributed by atoms with Crippen molar-refractivity contribution in [2.45, 2.75) is 18.9 Å².